The lowest BCUT2D eigenvalue weighted by Gasteiger charge is -2.27. The molecule has 0 aliphatic heterocycles. The highest BCUT2D eigenvalue weighted by Crippen LogP contribution is 2.17. The Balaban J connectivity index is 3.11. The van der Waals surface area contributed by atoms with E-state index in [1.807, 2.05) is 0 Å². The van der Waals surface area contributed by atoms with E-state index >= 15 is 0 Å². The maximum atomic E-state index is 12.6. The van der Waals surface area contributed by atoms with E-state index in [0.717, 1.165) is 0 Å². The number of carbonyl (C=O) groups is 3. The van der Waals surface area contributed by atoms with E-state index in [0.29, 0.717) is 5.56 Å². The third-order valence-electron chi connectivity index (χ3n) is 2.70. The first-order chi connectivity index (χ1) is 12.0. The molecule has 26 heavy (non-hydrogen) atoms. The zero-order chi connectivity index (χ0) is 19.9. The molecule has 142 valence electrons. The maximum absolute atomic E-state index is 12.6. The second kappa shape index (κ2) is 8.93. The minimum atomic E-state index is -3.25. The number of hydrogen-bond donors (Lipinski definition) is 0. The standard InChI is InChI=1S/C17H19F2NO6/c1-17(2,3)26-16(24)20(12(14(21)22)9-13(18)19)15(23)25-10-11-7-5-4-6-8-11/h4-9,13H,10H2,1-3H3,(H,21,22)/p-1. The molecule has 9 heteroatoms. The lowest BCUT2D eigenvalue weighted by atomic mass is 10.2. The number of imide groups is 1. The van der Waals surface area contributed by atoms with Crippen molar-refractivity contribution < 1.29 is 37.7 Å². The zero-order valence-electron chi connectivity index (χ0n) is 14.4. The molecule has 1 aromatic carbocycles. The molecule has 0 bridgehead atoms. The molecule has 0 atom stereocenters. The predicted octanol–water partition coefficient (Wildman–Crippen LogP) is 2.46. The second-order valence-corrected chi connectivity index (χ2v) is 6.03. The summed E-state index contributed by atoms with van der Waals surface area (Å²) in [4.78, 5) is 35.4. The number of hydrogen-bond acceptors (Lipinski definition) is 6. The third-order valence-corrected chi connectivity index (χ3v) is 2.70. The number of carbonyl (C=O) groups excluding carboxylic acids is 3. The van der Waals surface area contributed by atoms with Crippen LogP contribution in [0.2, 0.25) is 0 Å². The number of halogens is 2. The fourth-order valence-electron chi connectivity index (χ4n) is 1.72. The Bertz CT molecular complexity index is 682. The van der Waals surface area contributed by atoms with Crippen molar-refractivity contribution in [2.45, 2.75) is 39.4 Å². The van der Waals surface area contributed by atoms with E-state index in [2.05, 4.69) is 0 Å². The van der Waals surface area contributed by atoms with Crippen molar-refractivity contribution in [2.75, 3.05) is 0 Å². The van der Waals surface area contributed by atoms with Crippen LogP contribution in [0.25, 0.3) is 0 Å². The van der Waals surface area contributed by atoms with Gasteiger partial charge in [0.15, 0.2) is 0 Å². The summed E-state index contributed by atoms with van der Waals surface area (Å²) in [5, 5.41) is 11.2. The van der Waals surface area contributed by atoms with Crippen LogP contribution in [0.3, 0.4) is 0 Å². The van der Waals surface area contributed by atoms with Gasteiger partial charge in [-0.2, -0.15) is 4.90 Å². The predicted molar refractivity (Wildman–Crippen MR) is 83.8 cm³/mol. The number of allylic oxidation sites excluding steroid dienone is 1. The largest absolute Gasteiger partial charge is 0.543 e. The van der Waals surface area contributed by atoms with Gasteiger partial charge in [0, 0.05) is 6.08 Å². The van der Waals surface area contributed by atoms with E-state index in [9.17, 15) is 28.3 Å². The number of amides is 2. The van der Waals surface area contributed by atoms with Crippen molar-refractivity contribution >= 4 is 18.2 Å². The van der Waals surface area contributed by atoms with Crippen LogP contribution >= 0.6 is 0 Å². The molecule has 0 radical (unpaired) electrons. The van der Waals surface area contributed by atoms with Gasteiger partial charge >= 0.3 is 12.2 Å². The first-order valence-corrected chi connectivity index (χ1v) is 7.46. The molecule has 0 fully saturated rings. The Morgan fingerprint density at radius 3 is 2.19 bits per heavy atom. The fraction of sp³-hybridized carbons (Fsp3) is 0.353. The summed E-state index contributed by atoms with van der Waals surface area (Å²) in [6.45, 7) is 4.05. The summed E-state index contributed by atoms with van der Waals surface area (Å²) in [6, 6.07) is 8.27. The first kappa shape index (κ1) is 21.1. The van der Waals surface area contributed by atoms with Crippen molar-refractivity contribution in [3.63, 3.8) is 0 Å². The van der Waals surface area contributed by atoms with Gasteiger partial charge in [-0.25, -0.2) is 18.4 Å². The Kier molecular flexibility index (Phi) is 7.24. The zero-order valence-corrected chi connectivity index (χ0v) is 14.4. The fourth-order valence-corrected chi connectivity index (χ4v) is 1.72. The lowest BCUT2D eigenvalue weighted by Crippen LogP contribution is -2.45. The number of benzene rings is 1. The molecular formula is C17H18F2NO6-. The van der Waals surface area contributed by atoms with Crippen molar-refractivity contribution in [3.05, 3.63) is 47.7 Å². The van der Waals surface area contributed by atoms with E-state index < -0.39 is 35.9 Å². The molecule has 0 unspecified atom stereocenters. The van der Waals surface area contributed by atoms with Crippen molar-refractivity contribution in [1.82, 2.24) is 4.90 Å². The average molecular weight is 370 g/mol. The monoisotopic (exact) mass is 370 g/mol. The molecule has 0 aliphatic carbocycles. The van der Waals surface area contributed by atoms with E-state index in [1.165, 1.54) is 20.8 Å². The number of nitrogens with zero attached hydrogens (tertiary/aromatic N) is 1. The van der Waals surface area contributed by atoms with E-state index in [4.69, 9.17) is 9.47 Å². The van der Waals surface area contributed by atoms with Crippen LogP contribution in [-0.4, -0.2) is 35.1 Å². The van der Waals surface area contributed by atoms with Gasteiger partial charge in [0.05, 0.1) is 11.7 Å². The van der Waals surface area contributed by atoms with Crippen molar-refractivity contribution in [1.29, 1.82) is 0 Å². The number of ether oxygens (including phenoxy) is 2. The number of carboxylic acids is 1. The summed E-state index contributed by atoms with van der Waals surface area (Å²) in [6.07, 6.45) is -6.33. The number of aliphatic carboxylic acids is 1. The molecule has 2 amide bonds. The minimum absolute atomic E-state index is 0.108. The minimum Gasteiger partial charge on any atom is -0.543 e. The smallest absolute Gasteiger partial charge is 0.424 e. The van der Waals surface area contributed by atoms with Crippen LogP contribution in [0.15, 0.2) is 42.1 Å². The normalized spacial score (nSPS) is 11.8. The Labute approximate surface area is 148 Å². The van der Waals surface area contributed by atoms with Crippen LogP contribution in [-0.2, 0) is 20.9 Å². The van der Waals surface area contributed by atoms with E-state index in [-0.39, 0.29) is 17.6 Å². The number of carboxylic acid groups (broad SMARTS) is 1. The quantitative estimate of drug-likeness (QED) is 0.739. The van der Waals surface area contributed by atoms with Gasteiger partial charge in [-0.3, -0.25) is 0 Å². The molecule has 7 nitrogen and oxygen atoms in total. The Morgan fingerprint density at radius 2 is 1.73 bits per heavy atom. The van der Waals surface area contributed by atoms with E-state index in [1.54, 1.807) is 30.3 Å². The summed E-state index contributed by atoms with van der Waals surface area (Å²) in [5.74, 6) is -2.16. The summed E-state index contributed by atoms with van der Waals surface area (Å²) >= 11 is 0. The molecule has 0 aliphatic rings. The highest BCUT2D eigenvalue weighted by Gasteiger charge is 2.33. The SMILES string of the molecule is CC(C)(C)OC(=O)N(C(=O)OCc1ccccc1)C(=CC(F)F)C(=O)[O-]. The molecule has 0 saturated heterocycles. The number of rotatable bonds is 5. The van der Waals surface area contributed by atoms with Gasteiger partial charge in [-0.05, 0) is 26.3 Å². The van der Waals surface area contributed by atoms with Crippen LogP contribution in [0.4, 0.5) is 18.4 Å². The van der Waals surface area contributed by atoms with Gasteiger partial charge in [-0.1, -0.05) is 30.3 Å². The Morgan fingerprint density at radius 1 is 1.15 bits per heavy atom. The van der Waals surface area contributed by atoms with Gasteiger partial charge in [-0.15, -0.1) is 0 Å². The van der Waals surface area contributed by atoms with Crippen LogP contribution in [0.1, 0.15) is 26.3 Å². The van der Waals surface area contributed by atoms with Crippen LogP contribution in [0.5, 0.6) is 0 Å². The summed E-state index contributed by atoms with van der Waals surface area (Å²) < 4.78 is 35.0. The highest BCUT2D eigenvalue weighted by atomic mass is 19.3. The van der Waals surface area contributed by atoms with Crippen LogP contribution in [0, 0.1) is 0 Å². The summed E-state index contributed by atoms with van der Waals surface area (Å²) in [5.41, 5.74) is -1.94. The lowest BCUT2D eigenvalue weighted by molar-refractivity contribution is -0.301. The molecule has 1 aromatic rings. The first-order valence-electron chi connectivity index (χ1n) is 7.46. The highest BCUT2D eigenvalue weighted by molar-refractivity contribution is 5.99. The topological polar surface area (TPSA) is 96.0 Å². The molecule has 0 heterocycles. The summed E-state index contributed by atoms with van der Waals surface area (Å²) in [7, 11) is 0. The molecule has 0 N–H and O–H groups in total. The van der Waals surface area contributed by atoms with Gasteiger partial charge in [0.25, 0.3) is 6.43 Å². The second-order valence-electron chi connectivity index (χ2n) is 6.03. The van der Waals surface area contributed by atoms with Crippen molar-refractivity contribution in [3.8, 4) is 0 Å². The molecule has 1 rings (SSSR count). The Hall–Kier alpha value is -2.97. The molecular weight excluding hydrogens is 352 g/mol. The van der Waals surface area contributed by atoms with Crippen molar-refractivity contribution in [2.24, 2.45) is 0 Å². The van der Waals surface area contributed by atoms with Gasteiger partial charge in [0.2, 0.25) is 0 Å². The van der Waals surface area contributed by atoms with Gasteiger partial charge < -0.3 is 19.4 Å². The number of alkyl halides is 2. The van der Waals surface area contributed by atoms with Gasteiger partial charge in [0.1, 0.15) is 12.2 Å². The van der Waals surface area contributed by atoms with Crippen LogP contribution < -0.4 is 5.11 Å². The average Bonchev–Trinajstić information content (AvgIpc) is 2.51. The molecule has 0 saturated carbocycles. The third kappa shape index (κ3) is 6.88. The molecule has 0 spiro atoms. The maximum Gasteiger partial charge on any atom is 0.424 e. The molecule has 0 aromatic heterocycles.